The van der Waals surface area contributed by atoms with Gasteiger partial charge in [0, 0.05) is 23.4 Å². The molecule has 2 heterocycles. The van der Waals surface area contributed by atoms with Gasteiger partial charge in [0.2, 0.25) is 5.91 Å². The monoisotopic (exact) mass is 414 g/mol. The maximum absolute atomic E-state index is 12.2. The van der Waals surface area contributed by atoms with Crippen LogP contribution in [-0.2, 0) is 11.3 Å². The van der Waals surface area contributed by atoms with Crippen LogP contribution in [0, 0.1) is 13.8 Å². The smallest absolute Gasteiger partial charge is 0.230 e. The van der Waals surface area contributed by atoms with Crippen LogP contribution >= 0.6 is 23.1 Å². The first kappa shape index (κ1) is 20.8. The number of carbonyl (C=O) groups excluding carboxylic acids is 1. The number of nitrogens with one attached hydrogen (secondary N) is 1. The van der Waals surface area contributed by atoms with Gasteiger partial charge in [-0.2, -0.15) is 0 Å². The largest absolute Gasteiger partial charge is 0.355 e. The number of amides is 1. The van der Waals surface area contributed by atoms with E-state index < -0.39 is 0 Å². The molecule has 0 unspecified atom stereocenters. The van der Waals surface area contributed by atoms with Gasteiger partial charge in [0.1, 0.15) is 16.2 Å². The zero-order valence-corrected chi connectivity index (χ0v) is 18.2. The first-order valence-corrected chi connectivity index (χ1v) is 11.2. The second kappa shape index (κ2) is 10.0. The lowest BCUT2D eigenvalue weighted by atomic mass is 10.2. The minimum absolute atomic E-state index is 0.0482. The van der Waals surface area contributed by atoms with E-state index in [2.05, 4.69) is 65.3 Å². The van der Waals surface area contributed by atoms with E-state index >= 15 is 0 Å². The van der Waals surface area contributed by atoms with Crippen molar-refractivity contribution in [2.45, 2.75) is 31.8 Å². The van der Waals surface area contributed by atoms with Crippen LogP contribution in [0.4, 0.5) is 0 Å². The lowest BCUT2D eigenvalue weighted by Gasteiger charge is -2.16. The Bertz CT molecular complexity index is 927. The van der Waals surface area contributed by atoms with Crippen LogP contribution in [0.15, 0.2) is 41.7 Å². The molecule has 0 saturated heterocycles. The summed E-state index contributed by atoms with van der Waals surface area (Å²) in [5, 5.41) is 4.99. The highest BCUT2D eigenvalue weighted by Crippen LogP contribution is 2.34. The van der Waals surface area contributed by atoms with E-state index in [1.165, 1.54) is 27.8 Å². The standard InChI is InChI=1S/C21H26N4OS2/c1-15-16(2)28-21-19(15)20(23-14-24-21)27-13-18(26)22-10-7-11-25(3)12-17-8-5-4-6-9-17/h4-6,8-9,14H,7,10-13H2,1-3H3,(H,22,26). The molecule has 2 aromatic heterocycles. The van der Waals surface area contributed by atoms with E-state index in [1.54, 1.807) is 17.7 Å². The molecule has 0 aliphatic heterocycles. The third kappa shape index (κ3) is 5.53. The lowest BCUT2D eigenvalue weighted by Crippen LogP contribution is -2.29. The molecule has 0 fully saturated rings. The Balaban J connectivity index is 1.39. The van der Waals surface area contributed by atoms with Crippen LogP contribution in [-0.4, -0.2) is 46.7 Å². The summed E-state index contributed by atoms with van der Waals surface area (Å²) in [5.74, 6) is 0.424. The average Bonchev–Trinajstić information content (AvgIpc) is 2.99. The molecule has 0 radical (unpaired) electrons. The number of hydrogen-bond donors (Lipinski definition) is 1. The number of thiophene rings is 1. The summed E-state index contributed by atoms with van der Waals surface area (Å²) in [4.78, 5) is 25.4. The van der Waals surface area contributed by atoms with E-state index in [0.717, 1.165) is 34.8 Å². The number of benzene rings is 1. The molecule has 28 heavy (non-hydrogen) atoms. The van der Waals surface area contributed by atoms with E-state index in [-0.39, 0.29) is 5.91 Å². The van der Waals surface area contributed by atoms with Crippen LogP contribution in [0.5, 0.6) is 0 Å². The van der Waals surface area contributed by atoms with Gasteiger partial charge in [0.25, 0.3) is 0 Å². The number of nitrogens with zero attached hydrogens (tertiary/aromatic N) is 3. The molecule has 148 valence electrons. The number of rotatable bonds is 9. The van der Waals surface area contributed by atoms with Crippen LogP contribution < -0.4 is 5.32 Å². The molecule has 5 nitrogen and oxygen atoms in total. The van der Waals surface area contributed by atoms with Crippen molar-refractivity contribution in [3.05, 3.63) is 52.7 Å². The van der Waals surface area contributed by atoms with Gasteiger partial charge in [-0.3, -0.25) is 4.79 Å². The fourth-order valence-corrected chi connectivity index (χ4v) is 4.94. The Morgan fingerprint density at radius 1 is 1.21 bits per heavy atom. The molecule has 0 saturated carbocycles. The molecule has 0 atom stereocenters. The topological polar surface area (TPSA) is 58.1 Å². The van der Waals surface area contributed by atoms with Crippen molar-refractivity contribution in [1.29, 1.82) is 0 Å². The Labute approximate surface area is 174 Å². The van der Waals surface area contributed by atoms with Crippen molar-refractivity contribution >= 4 is 39.2 Å². The molecule has 0 bridgehead atoms. The second-order valence-electron chi connectivity index (χ2n) is 6.86. The van der Waals surface area contributed by atoms with Crippen LogP contribution in [0.1, 0.15) is 22.4 Å². The lowest BCUT2D eigenvalue weighted by molar-refractivity contribution is -0.118. The molecule has 0 spiro atoms. The van der Waals surface area contributed by atoms with Gasteiger partial charge < -0.3 is 10.2 Å². The number of carbonyl (C=O) groups is 1. The minimum Gasteiger partial charge on any atom is -0.355 e. The second-order valence-corrected chi connectivity index (χ2v) is 9.03. The predicted molar refractivity (Wildman–Crippen MR) is 118 cm³/mol. The zero-order chi connectivity index (χ0) is 19.9. The van der Waals surface area contributed by atoms with Gasteiger partial charge in [0.05, 0.1) is 5.75 Å². The molecule has 1 N–H and O–H groups in total. The number of aryl methyl sites for hydroxylation is 2. The SMILES string of the molecule is Cc1sc2ncnc(SCC(=O)NCCCN(C)Cc3ccccc3)c2c1C. The van der Waals surface area contributed by atoms with Gasteiger partial charge >= 0.3 is 0 Å². The Kier molecular flexibility index (Phi) is 7.42. The first-order valence-electron chi connectivity index (χ1n) is 9.37. The van der Waals surface area contributed by atoms with Gasteiger partial charge in [0.15, 0.2) is 0 Å². The van der Waals surface area contributed by atoms with Crippen molar-refractivity contribution in [3.8, 4) is 0 Å². The normalized spacial score (nSPS) is 11.3. The molecule has 3 aromatic rings. The summed E-state index contributed by atoms with van der Waals surface area (Å²) in [6.07, 6.45) is 2.51. The summed E-state index contributed by atoms with van der Waals surface area (Å²) in [5.41, 5.74) is 2.52. The summed E-state index contributed by atoms with van der Waals surface area (Å²) in [6.45, 7) is 6.75. The van der Waals surface area contributed by atoms with Crippen molar-refractivity contribution in [2.75, 3.05) is 25.9 Å². The highest BCUT2D eigenvalue weighted by atomic mass is 32.2. The molecule has 1 aromatic carbocycles. The molecular weight excluding hydrogens is 388 g/mol. The van der Waals surface area contributed by atoms with Crippen LogP contribution in [0.2, 0.25) is 0 Å². The van der Waals surface area contributed by atoms with E-state index in [4.69, 9.17) is 0 Å². The zero-order valence-electron chi connectivity index (χ0n) is 16.6. The highest BCUT2D eigenvalue weighted by Gasteiger charge is 2.13. The molecule has 0 aliphatic carbocycles. The molecular formula is C21H26N4OS2. The summed E-state index contributed by atoms with van der Waals surface area (Å²) < 4.78 is 0. The van der Waals surface area contributed by atoms with Crippen molar-refractivity contribution in [1.82, 2.24) is 20.2 Å². The van der Waals surface area contributed by atoms with E-state index in [0.29, 0.717) is 12.3 Å². The number of fused-ring (bicyclic) bond motifs is 1. The molecule has 7 heteroatoms. The maximum Gasteiger partial charge on any atom is 0.230 e. The Morgan fingerprint density at radius 3 is 2.79 bits per heavy atom. The summed E-state index contributed by atoms with van der Waals surface area (Å²) >= 11 is 3.16. The van der Waals surface area contributed by atoms with E-state index in [9.17, 15) is 4.79 Å². The minimum atomic E-state index is 0.0482. The number of hydrogen-bond acceptors (Lipinski definition) is 6. The van der Waals surface area contributed by atoms with E-state index in [1.807, 2.05) is 6.07 Å². The maximum atomic E-state index is 12.2. The highest BCUT2D eigenvalue weighted by molar-refractivity contribution is 8.00. The fourth-order valence-electron chi connectivity index (χ4n) is 3.00. The average molecular weight is 415 g/mol. The van der Waals surface area contributed by atoms with Crippen molar-refractivity contribution in [3.63, 3.8) is 0 Å². The predicted octanol–water partition coefficient (Wildman–Crippen LogP) is 4.04. The van der Waals surface area contributed by atoms with Gasteiger partial charge in [-0.15, -0.1) is 11.3 Å². The summed E-state index contributed by atoms with van der Waals surface area (Å²) in [7, 11) is 2.11. The van der Waals surface area contributed by atoms with Crippen molar-refractivity contribution < 1.29 is 4.79 Å². The third-order valence-corrected chi connectivity index (χ3v) is 6.71. The van der Waals surface area contributed by atoms with Crippen molar-refractivity contribution in [2.24, 2.45) is 0 Å². The molecule has 3 rings (SSSR count). The Morgan fingerprint density at radius 2 is 2.00 bits per heavy atom. The number of thioether (sulfide) groups is 1. The quantitative estimate of drug-likeness (QED) is 0.325. The number of aromatic nitrogens is 2. The van der Waals surface area contributed by atoms with Gasteiger partial charge in [-0.1, -0.05) is 42.1 Å². The van der Waals surface area contributed by atoms with Gasteiger partial charge in [-0.25, -0.2) is 9.97 Å². The first-order chi connectivity index (χ1) is 13.5. The molecule has 1 amide bonds. The third-order valence-electron chi connectivity index (χ3n) is 4.60. The van der Waals surface area contributed by atoms with Crippen LogP contribution in [0.3, 0.4) is 0 Å². The summed E-state index contributed by atoms with van der Waals surface area (Å²) in [6, 6.07) is 10.4. The van der Waals surface area contributed by atoms with Gasteiger partial charge in [-0.05, 0) is 45.0 Å². The fraction of sp³-hybridized carbons (Fsp3) is 0.381. The van der Waals surface area contributed by atoms with Crippen LogP contribution in [0.25, 0.3) is 10.2 Å². The Hall–Kier alpha value is -1.96. The molecule has 0 aliphatic rings.